The molecule has 0 aliphatic rings. The van der Waals surface area contributed by atoms with Gasteiger partial charge in [-0.1, -0.05) is 90.5 Å². The number of hydrogen-bond acceptors (Lipinski definition) is 2. The van der Waals surface area contributed by atoms with Crippen molar-refractivity contribution in [2.75, 3.05) is 10.2 Å². The van der Waals surface area contributed by atoms with Crippen molar-refractivity contribution in [1.29, 1.82) is 0 Å². The minimum atomic E-state index is 0.709. The first-order valence-electron chi connectivity index (χ1n) is 16.5. The van der Waals surface area contributed by atoms with Crippen LogP contribution in [0.3, 0.4) is 0 Å². The topological polar surface area (TPSA) is 15.3 Å². The van der Waals surface area contributed by atoms with Gasteiger partial charge in [-0.3, -0.25) is 0 Å². The van der Waals surface area contributed by atoms with Gasteiger partial charge in [-0.25, -0.2) is 0 Å². The number of hydrogen-bond donors (Lipinski definition) is 1. The van der Waals surface area contributed by atoms with Gasteiger partial charge in [0.15, 0.2) is 0 Å². The molecule has 0 amide bonds. The molecule has 0 saturated carbocycles. The second-order valence-corrected chi connectivity index (χ2v) is 13.7. The summed E-state index contributed by atoms with van der Waals surface area (Å²) in [7, 11) is 0. The Morgan fingerprint density at radius 3 is 1.85 bits per heavy atom. The van der Waals surface area contributed by atoms with E-state index in [1.807, 2.05) is 6.07 Å². The normalized spacial score (nSPS) is 11.5. The smallest absolute Gasteiger partial charge is 0.0652 e. The molecule has 0 unspecified atom stereocenters. The van der Waals surface area contributed by atoms with Gasteiger partial charge in [0.2, 0.25) is 0 Å². The van der Waals surface area contributed by atoms with Crippen LogP contribution in [0.1, 0.15) is 27.8 Å². The third-order valence-electron chi connectivity index (χ3n) is 9.43. The van der Waals surface area contributed by atoms with E-state index in [1.165, 1.54) is 60.1 Å². The highest BCUT2D eigenvalue weighted by molar-refractivity contribution is 6.34. The molecule has 2 nitrogen and oxygen atoms in total. The van der Waals surface area contributed by atoms with E-state index in [1.54, 1.807) is 0 Å². The summed E-state index contributed by atoms with van der Waals surface area (Å²) >= 11 is 7.28. The van der Waals surface area contributed by atoms with Crippen molar-refractivity contribution in [1.82, 2.24) is 0 Å². The molecule has 0 aliphatic carbocycles. The lowest BCUT2D eigenvalue weighted by atomic mass is 9.90. The number of aryl methyl sites for hydroxylation is 5. The van der Waals surface area contributed by atoms with Crippen LogP contribution in [0.15, 0.2) is 127 Å². The zero-order chi connectivity index (χ0) is 33.1. The van der Waals surface area contributed by atoms with Crippen molar-refractivity contribution in [3.63, 3.8) is 0 Å². The Balaban J connectivity index is 1.38. The molecule has 0 aliphatic heterocycles. The van der Waals surface area contributed by atoms with Gasteiger partial charge in [0.05, 0.1) is 16.4 Å². The van der Waals surface area contributed by atoms with E-state index in [0.29, 0.717) is 5.02 Å². The van der Waals surface area contributed by atoms with Gasteiger partial charge >= 0.3 is 0 Å². The number of benzene rings is 8. The van der Waals surface area contributed by atoms with Gasteiger partial charge in [0.1, 0.15) is 0 Å². The Bertz CT molecular complexity index is 2460. The molecule has 8 aromatic carbocycles. The van der Waals surface area contributed by atoms with Crippen molar-refractivity contribution >= 4 is 72.4 Å². The zero-order valence-corrected chi connectivity index (χ0v) is 28.7. The van der Waals surface area contributed by atoms with Gasteiger partial charge in [-0.05, 0) is 144 Å². The molecule has 0 saturated heterocycles. The van der Waals surface area contributed by atoms with Crippen LogP contribution in [0.25, 0.3) is 43.4 Å². The third kappa shape index (κ3) is 5.23. The Hall–Kier alpha value is -5.31. The first-order valence-corrected chi connectivity index (χ1v) is 16.9. The zero-order valence-electron chi connectivity index (χ0n) is 27.9. The molecule has 8 aromatic rings. The first kappa shape index (κ1) is 30.1. The highest BCUT2D eigenvalue weighted by Gasteiger charge is 2.23. The standard InChI is InChI=1S/C45H37ClN2/c1-27-19-28(2)22-36(21-27)47-41-17-13-33-11-16-39-44-35(12-15-38(41)43(33)44)25-31(5)45(39)48(37-23-29(3)20-30(4)24-37)42-18-14-34(26-40(42)46)32-9-7-6-8-10-32/h6-26,47H,1-5H3. The summed E-state index contributed by atoms with van der Waals surface area (Å²) in [4.78, 5) is 2.37. The van der Waals surface area contributed by atoms with E-state index in [9.17, 15) is 0 Å². The average Bonchev–Trinajstić information content (AvgIpc) is 3.05. The minimum Gasteiger partial charge on any atom is -0.355 e. The van der Waals surface area contributed by atoms with E-state index in [4.69, 9.17) is 11.6 Å². The second-order valence-electron chi connectivity index (χ2n) is 13.3. The molecule has 0 spiro atoms. The Morgan fingerprint density at radius 1 is 0.521 bits per heavy atom. The number of nitrogens with one attached hydrogen (secondary N) is 1. The predicted octanol–water partition coefficient (Wildman–Crippen LogP) is 13.7. The van der Waals surface area contributed by atoms with E-state index < -0.39 is 0 Å². The van der Waals surface area contributed by atoms with Crippen LogP contribution >= 0.6 is 11.6 Å². The highest BCUT2D eigenvalue weighted by Crippen LogP contribution is 2.49. The van der Waals surface area contributed by atoms with Crippen molar-refractivity contribution in [3.8, 4) is 11.1 Å². The summed E-state index contributed by atoms with van der Waals surface area (Å²) in [5, 5.41) is 11.9. The molecular weight excluding hydrogens is 604 g/mol. The van der Waals surface area contributed by atoms with Crippen LogP contribution in [0.5, 0.6) is 0 Å². The lowest BCUT2D eigenvalue weighted by molar-refractivity contribution is 1.24. The van der Waals surface area contributed by atoms with E-state index >= 15 is 0 Å². The fraction of sp³-hybridized carbons (Fsp3) is 0.111. The van der Waals surface area contributed by atoms with E-state index in [2.05, 4.69) is 166 Å². The van der Waals surface area contributed by atoms with Crippen molar-refractivity contribution in [2.24, 2.45) is 0 Å². The first-order chi connectivity index (χ1) is 23.2. The maximum atomic E-state index is 7.28. The summed E-state index contributed by atoms with van der Waals surface area (Å²) in [6, 6.07) is 46.2. The molecule has 0 aromatic heterocycles. The van der Waals surface area contributed by atoms with Gasteiger partial charge in [-0.2, -0.15) is 0 Å². The van der Waals surface area contributed by atoms with Crippen LogP contribution < -0.4 is 10.2 Å². The van der Waals surface area contributed by atoms with Gasteiger partial charge in [0, 0.05) is 27.8 Å². The average molecular weight is 641 g/mol. The molecule has 48 heavy (non-hydrogen) atoms. The number of anilines is 5. The van der Waals surface area contributed by atoms with Gasteiger partial charge < -0.3 is 10.2 Å². The van der Waals surface area contributed by atoms with Crippen LogP contribution in [0.4, 0.5) is 28.4 Å². The van der Waals surface area contributed by atoms with Crippen LogP contribution in [0.2, 0.25) is 5.02 Å². The molecule has 0 radical (unpaired) electrons. The van der Waals surface area contributed by atoms with Crippen LogP contribution in [-0.2, 0) is 0 Å². The Labute approximate surface area is 287 Å². The molecule has 0 atom stereocenters. The molecule has 1 N–H and O–H groups in total. The highest BCUT2D eigenvalue weighted by atomic mass is 35.5. The fourth-order valence-corrected chi connectivity index (χ4v) is 7.85. The largest absolute Gasteiger partial charge is 0.355 e. The maximum Gasteiger partial charge on any atom is 0.0652 e. The number of nitrogens with zero attached hydrogens (tertiary/aromatic N) is 1. The van der Waals surface area contributed by atoms with Crippen LogP contribution in [0, 0.1) is 34.6 Å². The Morgan fingerprint density at radius 2 is 1.15 bits per heavy atom. The quantitative estimate of drug-likeness (QED) is 0.182. The summed E-state index contributed by atoms with van der Waals surface area (Å²) in [5.74, 6) is 0. The third-order valence-corrected chi connectivity index (χ3v) is 9.73. The summed E-state index contributed by atoms with van der Waals surface area (Å²) < 4.78 is 0. The number of rotatable bonds is 6. The maximum absolute atomic E-state index is 7.28. The molecule has 0 bridgehead atoms. The SMILES string of the molecule is Cc1cc(C)cc(Nc2ccc3ccc4c(N(c5cc(C)cc(C)c5)c5ccc(-c6ccccc6)cc5Cl)c(C)cc5ccc2c3c54)c1. The second kappa shape index (κ2) is 11.7. The van der Waals surface area contributed by atoms with Crippen molar-refractivity contribution < 1.29 is 0 Å². The molecule has 234 valence electrons. The van der Waals surface area contributed by atoms with Crippen LogP contribution in [-0.4, -0.2) is 0 Å². The molecule has 0 fully saturated rings. The molecule has 0 heterocycles. The van der Waals surface area contributed by atoms with Crippen molar-refractivity contribution in [3.05, 3.63) is 160 Å². The lowest BCUT2D eigenvalue weighted by Gasteiger charge is -2.31. The fourth-order valence-electron chi connectivity index (χ4n) is 7.58. The minimum absolute atomic E-state index is 0.709. The van der Waals surface area contributed by atoms with E-state index in [0.717, 1.165) is 39.6 Å². The summed E-state index contributed by atoms with van der Waals surface area (Å²) in [6.07, 6.45) is 0. The molecule has 8 rings (SSSR count). The summed E-state index contributed by atoms with van der Waals surface area (Å²) in [5.41, 5.74) is 13.8. The summed E-state index contributed by atoms with van der Waals surface area (Å²) in [6.45, 7) is 10.8. The van der Waals surface area contributed by atoms with Crippen molar-refractivity contribution in [2.45, 2.75) is 34.6 Å². The van der Waals surface area contributed by atoms with Gasteiger partial charge in [0.25, 0.3) is 0 Å². The predicted molar refractivity (Wildman–Crippen MR) is 209 cm³/mol. The lowest BCUT2D eigenvalue weighted by Crippen LogP contribution is -2.13. The Kier molecular flexibility index (Phi) is 7.35. The molecule has 3 heteroatoms. The molecular formula is C45H37ClN2. The van der Waals surface area contributed by atoms with E-state index in [-0.39, 0.29) is 0 Å². The van der Waals surface area contributed by atoms with Gasteiger partial charge in [-0.15, -0.1) is 0 Å². The number of halogens is 1. The monoisotopic (exact) mass is 640 g/mol.